The van der Waals surface area contributed by atoms with Crippen LogP contribution in [0.25, 0.3) is 0 Å². The van der Waals surface area contributed by atoms with Crippen molar-refractivity contribution >= 4 is 0 Å². The zero-order valence-corrected chi connectivity index (χ0v) is 8.47. The molecule has 1 saturated carbocycles. The highest BCUT2D eigenvalue weighted by molar-refractivity contribution is 4.73. The maximum atomic E-state index is 5.73. The van der Waals surface area contributed by atoms with Gasteiger partial charge in [-0.05, 0) is 32.2 Å². The lowest BCUT2D eigenvalue weighted by Crippen LogP contribution is -2.37. The van der Waals surface area contributed by atoms with E-state index in [-0.39, 0.29) is 0 Å². The maximum Gasteiger partial charge on any atom is 0.0625 e. The zero-order valence-electron chi connectivity index (χ0n) is 8.47. The SMILES string of the molecule is CNC(COC1CCC1)C(C)C. The van der Waals surface area contributed by atoms with Crippen LogP contribution in [-0.4, -0.2) is 25.8 Å². The number of nitrogens with one attached hydrogen (secondary N) is 1. The van der Waals surface area contributed by atoms with Crippen LogP contribution in [0.2, 0.25) is 0 Å². The first-order chi connectivity index (χ1) is 5.74. The molecule has 0 spiro atoms. The van der Waals surface area contributed by atoms with E-state index in [1.165, 1.54) is 19.3 Å². The van der Waals surface area contributed by atoms with Crippen molar-refractivity contribution in [1.29, 1.82) is 0 Å². The van der Waals surface area contributed by atoms with E-state index in [4.69, 9.17) is 4.74 Å². The Morgan fingerprint density at radius 1 is 1.42 bits per heavy atom. The maximum absolute atomic E-state index is 5.73. The van der Waals surface area contributed by atoms with Crippen molar-refractivity contribution in [3.63, 3.8) is 0 Å². The molecule has 0 aromatic heterocycles. The Morgan fingerprint density at radius 2 is 2.08 bits per heavy atom. The summed E-state index contributed by atoms with van der Waals surface area (Å²) in [5.41, 5.74) is 0. The van der Waals surface area contributed by atoms with Gasteiger partial charge >= 0.3 is 0 Å². The van der Waals surface area contributed by atoms with Crippen LogP contribution in [0.3, 0.4) is 0 Å². The third-order valence-electron chi connectivity index (χ3n) is 2.74. The molecule has 1 aliphatic rings. The first kappa shape index (κ1) is 10.0. The Hall–Kier alpha value is -0.0800. The van der Waals surface area contributed by atoms with Gasteiger partial charge in [0, 0.05) is 6.04 Å². The first-order valence-electron chi connectivity index (χ1n) is 5.03. The predicted octanol–water partition coefficient (Wildman–Crippen LogP) is 1.80. The van der Waals surface area contributed by atoms with Crippen LogP contribution in [-0.2, 0) is 4.74 Å². The van der Waals surface area contributed by atoms with Gasteiger partial charge in [0.2, 0.25) is 0 Å². The molecule has 12 heavy (non-hydrogen) atoms. The summed E-state index contributed by atoms with van der Waals surface area (Å²) in [5, 5.41) is 3.28. The van der Waals surface area contributed by atoms with Gasteiger partial charge < -0.3 is 10.1 Å². The smallest absolute Gasteiger partial charge is 0.0625 e. The van der Waals surface area contributed by atoms with E-state index >= 15 is 0 Å². The van der Waals surface area contributed by atoms with E-state index in [0.717, 1.165) is 6.61 Å². The van der Waals surface area contributed by atoms with Crippen molar-refractivity contribution in [3.05, 3.63) is 0 Å². The first-order valence-corrected chi connectivity index (χ1v) is 5.03. The molecule has 1 atom stereocenters. The Morgan fingerprint density at radius 3 is 2.42 bits per heavy atom. The van der Waals surface area contributed by atoms with E-state index in [0.29, 0.717) is 18.1 Å². The lowest BCUT2D eigenvalue weighted by molar-refractivity contribution is -0.0129. The van der Waals surface area contributed by atoms with E-state index in [9.17, 15) is 0 Å². The fourth-order valence-corrected chi connectivity index (χ4v) is 1.39. The van der Waals surface area contributed by atoms with E-state index < -0.39 is 0 Å². The molecule has 1 N–H and O–H groups in total. The number of hydrogen-bond acceptors (Lipinski definition) is 2. The fraction of sp³-hybridized carbons (Fsp3) is 1.00. The number of hydrogen-bond donors (Lipinski definition) is 1. The molecular weight excluding hydrogens is 150 g/mol. The van der Waals surface area contributed by atoms with Crippen LogP contribution in [0.15, 0.2) is 0 Å². The minimum Gasteiger partial charge on any atom is -0.377 e. The quantitative estimate of drug-likeness (QED) is 0.681. The summed E-state index contributed by atoms with van der Waals surface area (Å²) in [6, 6.07) is 0.519. The minimum atomic E-state index is 0.519. The molecule has 0 heterocycles. The lowest BCUT2D eigenvalue weighted by atomic mass is 9.96. The van der Waals surface area contributed by atoms with Gasteiger partial charge in [-0.15, -0.1) is 0 Å². The highest BCUT2D eigenvalue weighted by atomic mass is 16.5. The molecule has 0 aromatic carbocycles. The topological polar surface area (TPSA) is 21.3 Å². The van der Waals surface area contributed by atoms with Gasteiger partial charge in [-0.3, -0.25) is 0 Å². The largest absolute Gasteiger partial charge is 0.377 e. The summed E-state index contributed by atoms with van der Waals surface area (Å²) in [6.07, 6.45) is 4.47. The fourth-order valence-electron chi connectivity index (χ4n) is 1.39. The van der Waals surface area contributed by atoms with Crippen molar-refractivity contribution in [2.75, 3.05) is 13.7 Å². The normalized spacial score (nSPS) is 21.0. The zero-order chi connectivity index (χ0) is 8.97. The summed E-state index contributed by atoms with van der Waals surface area (Å²) in [6.45, 7) is 5.33. The van der Waals surface area contributed by atoms with Crippen LogP contribution in [0.4, 0.5) is 0 Å². The van der Waals surface area contributed by atoms with Gasteiger partial charge in [0.1, 0.15) is 0 Å². The molecule has 2 heteroatoms. The molecule has 0 saturated heterocycles. The van der Waals surface area contributed by atoms with Crippen molar-refractivity contribution in [2.45, 2.75) is 45.3 Å². The van der Waals surface area contributed by atoms with Crippen LogP contribution < -0.4 is 5.32 Å². The Labute approximate surface area is 75.7 Å². The minimum absolute atomic E-state index is 0.519. The molecule has 0 aromatic rings. The van der Waals surface area contributed by atoms with Gasteiger partial charge in [-0.2, -0.15) is 0 Å². The van der Waals surface area contributed by atoms with Gasteiger partial charge in [0.05, 0.1) is 12.7 Å². The third kappa shape index (κ3) is 2.76. The van der Waals surface area contributed by atoms with Crippen LogP contribution in [0, 0.1) is 5.92 Å². The summed E-state index contributed by atoms with van der Waals surface area (Å²) in [7, 11) is 2.01. The molecular formula is C10H21NO. The van der Waals surface area contributed by atoms with Crippen molar-refractivity contribution < 1.29 is 4.74 Å². The van der Waals surface area contributed by atoms with E-state index in [1.54, 1.807) is 0 Å². The predicted molar refractivity (Wildman–Crippen MR) is 51.3 cm³/mol. The van der Waals surface area contributed by atoms with Gasteiger partial charge in [0.25, 0.3) is 0 Å². The van der Waals surface area contributed by atoms with E-state index in [2.05, 4.69) is 19.2 Å². The molecule has 2 nitrogen and oxygen atoms in total. The van der Waals surface area contributed by atoms with Gasteiger partial charge in [-0.25, -0.2) is 0 Å². The molecule has 72 valence electrons. The second-order valence-electron chi connectivity index (χ2n) is 4.03. The number of rotatable bonds is 5. The van der Waals surface area contributed by atoms with Crippen molar-refractivity contribution in [1.82, 2.24) is 5.32 Å². The highest BCUT2D eigenvalue weighted by Gasteiger charge is 2.20. The summed E-state index contributed by atoms with van der Waals surface area (Å²) >= 11 is 0. The van der Waals surface area contributed by atoms with Crippen LogP contribution in [0.5, 0.6) is 0 Å². The molecule has 1 unspecified atom stereocenters. The Balaban J connectivity index is 2.09. The monoisotopic (exact) mass is 171 g/mol. The Bertz CT molecular complexity index is 121. The third-order valence-corrected chi connectivity index (χ3v) is 2.74. The Kier molecular flexibility index (Phi) is 4.02. The average molecular weight is 171 g/mol. The standard InChI is InChI=1S/C10H21NO/c1-8(2)10(11-3)7-12-9-5-4-6-9/h8-11H,4-7H2,1-3H3. The van der Waals surface area contributed by atoms with Crippen LogP contribution in [0.1, 0.15) is 33.1 Å². The molecule has 1 fully saturated rings. The highest BCUT2D eigenvalue weighted by Crippen LogP contribution is 2.22. The van der Waals surface area contributed by atoms with Gasteiger partial charge in [-0.1, -0.05) is 13.8 Å². The number of ether oxygens (including phenoxy) is 1. The molecule has 0 amide bonds. The molecule has 1 aliphatic carbocycles. The second kappa shape index (κ2) is 4.83. The van der Waals surface area contributed by atoms with Crippen molar-refractivity contribution in [2.24, 2.45) is 5.92 Å². The lowest BCUT2D eigenvalue weighted by Gasteiger charge is -2.29. The molecule has 0 bridgehead atoms. The van der Waals surface area contributed by atoms with Gasteiger partial charge in [0.15, 0.2) is 0 Å². The number of likely N-dealkylation sites (N-methyl/N-ethyl adjacent to an activating group) is 1. The summed E-state index contributed by atoms with van der Waals surface area (Å²) < 4.78 is 5.73. The molecule has 0 radical (unpaired) electrons. The van der Waals surface area contributed by atoms with E-state index in [1.807, 2.05) is 7.05 Å². The average Bonchev–Trinajstić information content (AvgIpc) is 1.93. The molecule has 0 aliphatic heterocycles. The second-order valence-corrected chi connectivity index (χ2v) is 4.03. The van der Waals surface area contributed by atoms with Crippen molar-refractivity contribution in [3.8, 4) is 0 Å². The van der Waals surface area contributed by atoms with Crippen LogP contribution >= 0.6 is 0 Å². The summed E-state index contributed by atoms with van der Waals surface area (Å²) in [5.74, 6) is 0.662. The molecule has 1 rings (SSSR count). The summed E-state index contributed by atoms with van der Waals surface area (Å²) in [4.78, 5) is 0.